The lowest BCUT2D eigenvalue weighted by molar-refractivity contribution is 1.18. The van der Waals surface area contributed by atoms with E-state index < -0.39 is 0 Å². The summed E-state index contributed by atoms with van der Waals surface area (Å²) in [5.41, 5.74) is 1.04. The number of aromatic nitrogens is 2. The molecule has 2 rings (SSSR count). The third-order valence-electron chi connectivity index (χ3n) is 1.67. The lowest BCUT2D eigenvalue weighted by Gasteiger charge is -1.91. The summed E-state index contributed by atoms with van der Waals surface area (Å²) in [5, 5.41) is 2.02. The molecule has 0 N–H and O–H groups in total. The second-order valence-electron chi connectivity index (χ2n) is 2.65. The molecule has 2 aromatic heterocycles. The minimum atomic E-state index is 0.757. The Morgan fingerprint density at radius 2 is 2.07 bits per heavy atom. The van der Waals surface area contributed by atoms with Gasteiger partial charge in [-0.25, -0.2) is 9.97 Å². The molecule has 0 spiro atoms. The van der Waals surface area contributed by atoms with E-state index in [1.54, 1.807) is 23.7 Å². The molecule has 0 saturated heterocycles. The molecule has 14 heavy (non-hydrogen) atoms. The van der Waals surface area contributed by atoms with Crippen molar-refractivity contribution in [3.63, 3.8) is 0 Å². The van der Waals surface area contributed by atoms with Crippen LogP contribution >= 0.6 is 11.3 Å². The number of hydrogen-bond acceptors (Lipinski definition) is 3. The van der Waals surface area contributed by atoms with Crippen LogP contribution in [0.25, 0.3) is 11.4 Å². The van der Waals surface area contributed by atoms with E-state index in [1.165, 1.54) is 0 Å². The van der Waals surface area contributed by atoms with Crippen molar-refractivity contribution < 1.29 is 0 Å². The van der Waals surface area contributed by atoms with Crippen LogP contribution in [-0.4, -0.2) is 9.97 Å². The van der Waals surface area contributed by atoms with E-state index >= 15 is 0 Å². The topological polar surface area (TPSA) is 25.8 Å². The maximum atomic E-state index is 4.17. The highest BCUT2D eigenvalue weighted by Crippen LogP contribution is 2.21. The van der Waals surface area contributed by atoms with Crippen LogP contribution in [-0.2, 0) is 0 Å². The summed E-state index contributed by atoms with van der Waals surface area (Å²) in [4.78, 5) is 9.39. The molecule has 2 heterocycles. The van der Waals surface area contributed by atoms with Crippen LogP contribution in [0.1, 0.15) is 11.8 Å². The highest BCUT2D eigenvalue weighted by atomic mass is 32.1. The summed E-state index contributed by atoms with van der Waals surface area (Å²) in [6.45, 7) is 1.83. The zero-order valence-electron chi connectivity index (χ0n) is 7.69. The molecule has 2 nitrogen and oxygen atoms in total. The molecule has 0 radical (unpaired) electrons. The summed E-state index contributed by atoms with van der Waals surface area (Å²) < 4.78 is 0. The van der Waals surface area contributed by atoms with Gasteiger partial charge in [0, 0.05) is 23.3 Å². The molecular formula is C11H8N2S. The average Bonchev–Trinajstić information content (AvgIpc) is 2.68. The Morgan fingerprint density at radius 1 is 1.29 bits per heavy atom. The smallest absolute Gasteiger partial charge is 0.159 e. The fourth-order valence-corrected chi connectivity index (χ4v) is 1.87. The summed E-state index contributed by atoms with van der Waals surface area (Å²) >= 11 is 1.62. The maximum absolute atomic E-state index is 4.17. The van der Waals surface area contributed by atoms with E-state index in [1.807, 2.05) is 24.4 Å². The van der Waals surface area contributed by atoms with E-state index in [9.17, 15) is 0 Å². The van der Waals surface area contributed by atoms with Gasteiger partial charge in [0.25, 0.3) is 0 Å². The number of nitrogens with zero attached hydrogens (tertiary/aromatic N) is 2. The van der Waals surface area contributed by atoms with Gasteiger partial charge in [0.2, 0.25) is 0 Å². The fraction of sp³-hybridized carbons (Fsp3) is 0.0909. The second kappa shape index (κ2) is 4.03. The Morgan fingerprint density at radius 3 is 2.79 bits per heavy atom. The van der Waals surface area contributed by atoms with Crippen molar-refractivity contribution >= 4 is 11.3 Å². The van der Waals surface area contributed by atoms with Crippen molar-refractivity contribution in [2.75, 3.05) is 0 Å². The number of thiophene rings is 1. The molecule has 0 fully saturated rings. The Bertz CT molecular complexity index is 477. The van der Waals surface area contributed by atoms with Gasteiger partial charge in [-0.05, 0) is 19.1 Å². The first-order valence-electron chi connectivity index (χ1n) is 4.19. The van der Waals surface area contributed by atoms with Crippen molar-refractivity contribution in [3.05, 3.63) is 34.8 Å². The molecule has 0 amide bonds. The lowest BCUT2D eigenvalue weighted by atomic mass is 10.3. The summed E-state index contributed by atoms with van der Waals surface area (Å²) in [6.07, 6.45) is 3.48. The van der Waals surface area contributed by atoms with Gasteiger partial charge in [-0.3, -0.25) is 0 Å². The molecule has 0 atom stereocenters. The van der Waals surface area contributed by atoms with E-state index in [0.29, 0.717) is 0 Å². The fourth-order valence-electron chi connectivity index (χ4n) is 1.09. The van der Waals surface area contributed by atoms with Gasteiger partial charge >= 0.3 is 0 Å². The van der Waals surface area contributed by atoms with Crippen molar-refractivity contribution in [1.82, 2.24) is 9.97 Å². The Labute approximate surface area is 86.7 Å². The zero-order chi connectivity index (χ0) is 9.80. The van der Waals surface area contributed by atoms with Crippen molar-refractivity contribution in [1.29, 1.82) is 0 Å². The molecule has 0 aliphatic rings. The lowest BCUT2D eigenvalue weighted by Crippen LogP contribution is -1.83. The molecule has 68 valence electrons. The monoisotopic (exact) mass is 200 g/mol. The highest BCUT2D eigenvalue weighted by molar-refractivity contribution is 7.11. The largest absolute Gasteiger partial charge is 0.237 e. The molecule has 0 bridgehead atoms. The summed E-state index contributed by atoms with van der Waals surface area (Å²) in [7, 11) is 0. The minimum Gasteiger partial charge on any atom is -0.237 e. The first-order valence-corrected chi connectivity index (χ1v) is 5.07. The molecule has 0 aromatic carbocycles. The Balaban J connectivity index is 2.37. The molecule has 0 unspecified atom stereocenters. The standard InChI is InChI=1S/C11H8N2S/c1-2-4-10-7-9(8-14-10)11-12-5-3-6-13-11/h3,5-8H,1H3. The second-order valence-corrected chi connectivity index (χ2v) is 3.56. The molecule has 0 aliphatic carbocycles. The van der Waals surface area contributed by atoms with Gasteiger partial charge < -0.3 is 0 Å². The third kappa shape index (κ3) is 1.81. The van der Waals surface area contributed by atoms with Gasteiger partial charge in [-0.2, -0.15) is 0 Å². The van der Waals surface area contributed by atoms with Crippen molar-refractivity contribution in [2.24, 2.45) is 0 Å². The SMILES string of the molecule is CC#Cc1cc(-c2ncccn2)cs1. The van der Waals surface area contributed by atoms with E-state index in [-0.39, 0.29) is 0 Å². The van der Waals surface area contributed by atoms with Gasteiger partial charge in [0.05, 0.1) is 4.88 Å². The van der Waals surface area contributed by atoms with Crippen LogP contribution in [0.5, 0.6) is 0 Å². The molecule has 0 saturated carbocycles. The summed E-state index contributed by atoms with van der Waals surface area (Å²) in [5.74, 6) is 6.64. The van der Waals surface area contributed by atoms with Crippen molar-refractivity contribution in [2.45, 2.75) is 6.92 Å². The van der Waals surface area contributed by atoms with Crippen LogP contribution in [0.2, 0.25) is 0 Å². The van der Waals surface area contributed by atoms with Crippen LogP contribution in [0.4, 0.5) is 0 Å². The first-order chi connectivity index (χ1) is 6.90. The predicted molar refractivity (Wildman–Crippen MR) is 57.9 cm³/mol. The van der Waals surface area contributed by atoms with E-state index in [2.05, 4.69) is 21.8 Å². The summed E-state index contributed by atoms with van der Waals surface area (Å²) in [6, 6.07) is 3.82. The third-order valence-corrected chi connectivity index (χ3v) is 2.52. The van der Waals surface area contributed by atoms with Crippen LogP contribution in [0.3, 0.4) is 0 Å². The Hall–Kier alpha value is -1.66. The minimum absolute atomic E-state index is 0.757. The van der Waals surface area contributed by atoms with E-state index in [4.69, 9.17) is 0 Å². The average molecular weight is 200 g/mol. The van der Waals surface area contributed by atoms with Gasteiger partial charge in [0.15, 0.2) is 5.82 Å². The van der Waals surface area contributed by atoms with Crippen LogP contribution in [0.15, 0.2) is 29.9 Å². The number of hydrogen-bond donors (Lipinski definition) is 0. The molecular weight excluding hydrogens is 192 g/mol. The zero-order valence-corrected chi connectivity index (χ0v) is 8.51. The van der Waals surface area contributed by atoms with Gasteiger partial charge in [-0.1, -0.05) is 5.92 Å². The van der Waals surface area contributed by atoms with Gasteiger partial charge in [-0.15, -0.1) is 17.3 Å². The van der Waals surface area contributed by atoms with E-state index in [0.717, 1.165) is 16.3 Å². The predicted octanol–water partition coefficient (Wildman–Crippen LogP) is 2.58. The highest BCUT2D eigenvalue weighted by Gasteiger charge is 2.01. The van der Waals surface area contributed by atoms with Crippen molar-refractivity contribution in [3.8, 4) is 23.2 Å². The van der Waals surface area contributed by atoms with Crippen LogP contribution < -0.4 is 0 Å². The maximum Gasteiger partial charge on any atom is 0.159 e. The van der Waals surface area contributed by atoms with Crippen LogP contribution in [0, 0.1) is 11.8 Å². The molecule has 0 aliphatic heterocycles. The Kier molecular flexibility index (Phi) is 2.57. The normalized spacial score (nSPS) is 9.21. The quantitative estimate of drug-likeness (QED) is 0.661. The number of rotatable bonds is 1. The first kappa shape index (κ1) is 8.92. The van der Waals surface area contributed by atoms with Gasteiger partial charge in [0.1, 0.15) is 0 Å². The molecule has 3 heteroatoms. The molecule has 2 aromatic rings.